The van der Waals surface area contributed by atoms with Crippen LogP contribution in [-0.2, 0) is 6.54 Å². The Balaban J connectivity index is 1.55. The number of hydrogen-bond donors (Lipinski definition) is 1. The third kappa shape index (κ3) is 5.24. The van der Waals surface area contributed by atoms with E-state index in [1.807, 2.05) is 0 Å². The number of pyridine rings is 1. The van der Waals surface area contributed by atoms with E-state index in [1.54, 1.807) is 0 Å². The number of aromatic nitrogens is 3. The van der Waals surface area contributed by atoms with Gasteiger partial charge in [-0.2, -0.15) is 18.3 Å². The zero-order valence-electron chi connectivity index (χ0n) is 17.2. The number of carbonyl (C=O) groups is 1. The van der Waals surface area contributed by atoms with Gasteiger partial charge in [-0.15, -0.1) is 0 Å². The number of anilines is 1. The van der Waals surface area contributed by atoms with Crippen LogP contribution in [0.25, 0.3) is 5.69 Å². The van der Waals surface area contributed by atoms with Crippen LogP contribution >= 0.6 is 0 Å². The number of benzene rings is 1. The van der Waals surface area contributed by atoms with Crippen molar-refractivity contribution in [3.63, 3.8) is 0 Å². The van der Waals surface area contributed by atoms with E-state index in [-0.39, 0.29) is 24.5 Å². The molecule has 0 radical (unpaired) electrons. The smallest absolute Gasteiger partial charge is 0.422 e. The summed E-state index contributed by atoms with van der Waals surface area (Å²) in [6, 6.07) is 6.49. The first-order valence-corrected chi connectivity index (χ1v) is 9.87. The fourth-order valence-corrected chi connectivity index (χ4v) is 3.23. The molecule has 1 unspecified atom stereocenters. The lowest BCUT2D eigenvalue weighted by molar-refractivity contribution is -0.153. The van der Waals surface area contributed by atoms with E-state index in [4.69, 9.17) is 0 Å². The van der Waals surface area contributed by atoms with Gasteiger partial charge in [0.2, 0.25) is 0 Å². The second-order valence-electron chi connectivity index (χ2n) is 7.65. The Morgan fingerprint density at radius 2 is 1.94 bits per heavy atom. The van der Waals surface area contributed by atoms with Gasteiger partial charge in [0.25, 0.3) is 17.4 Å². The Kier molecular flexibility index (Phi) is 5.87. The summed E-state index contributed by atoms with van der Waals surface area (Å²) in [5.41, 5.74) is -1.52. The van der Waals surface area contributed by atoms with E-state index in [2.05, 4.69) is 15.2 Å². The lowest BCUT2D eigenvalue weighted by atomic mass is 10.2. The minimum absolute atomic E-state index is 0.0137. The first kappa shape index (κ1) is 23.4. The zero-order chi connectivity index (χ0) is 24.7. The van der Waals surface area contributed by atoms with E-state index in [0.29, 0.717) is 6.07 Å². The van der Waals surface area contributed by atoms with Gasteiger partial charge >= 0.3 is 6.18 Å². The molecule has 1 amide bonds. The van der Waals surface area contributed by atoms with Crippen molar-refractivity contribution in [1.29, 1.82) is 0 Å². The Morgan fingerprint density at radius 1 is 1.21 bits per heavy atom. The van der Waals surface area contributed by atoms with Gasteiger partial charge in [-0.3, -0.25) is 18.8 Å². The van der Waals surface area contributed by atoms with Crippen LogP contribution < -0.4 is 15.6 Å². The van der Waals surface area contributed by atoms with E-state index >= 15 is 0 Å². The Bertz CT molecular complexity index is 1280. The summed E-state index contributed by atoms with van der Waals surface area (Å²) in [4.78, 5) is 25.5. The topological polar surface area (TPSA) is 78.2 Å². The number of amides is 1. The van der Waals surface area contributed by atoms with Crippen LogP contribution in [0.2, 0.25) is 0 Å². The predicted octanol–water partition coefficient (Wildman–Crippen LogP) is 4.02. The number of carbonyl (C=O) groups excluding carboxylic acids is 1. The van der Waals surface area contributed by atoms with Crippen LogP contribution in [0.5, 0.6) is 5.75 Å². The minimum Gasteiger partial charge on any atom is -0.482 e. The van der Waals surface area contributed by atoms with Gasteiger partial charge in [-0.1, -0.05) is 0 Å². The Hall–Kier alpha value is -3.77. The van der Waals surface area contributed by atoms with E-state index in [9.17, 15) is 35.9 Å². The number of halogens is 6. The van der Waals surface area contributed by atoms with Gasteiger partial charge in [-0.05, 0) is 24.3 Å². The number of hydrogen-bond acceptors (Lipinski definition) is 4. The van der Waals surface area contributed by atoms with Crippen molar-refractivity contribution in [3.8, 4) is 11.4 Å². The average Bonchev–Trinajstić information content (AvgIpc) is 3.12. The number of alkyl halides is 5. The first-order chi connectivity index (χ1) is 15.9. The van der Waals surface area contributed by atoms with Crippen molar-refractivity contribution in [2.45, 2.75) is 25.1 Å². The van der Waals surface area contributed by atoms with Crippen molar-refractivity contribution in [1.82, 2.24) is 14.3 Å². The van der Waals surface area contributed by atoms with Crippen LogP contribution in [0.1, 0.15) is 16.8 Å². The molecule has 1 aliphatic rings. The molecule has 2 heterocycles. The molecule has 13 heteroatoms. The number of nitrogens with one attached hydrogen (secondary N) is 1. The molecule has 1 fully saturated rings. The van der Waals surface area contributed by atoms with Crippen molar-refractivity contribution in [2.24, 2.45) is 5.92 Å². The molecule has 0 spiro atoms. The zero-order valence-corrected chi connectivity index (χ0v) is 17.2. The monoisotopic (exact) mass is 486 g/mol. The summed E-state index contributed by atoms with van der Waals surface area (Å²) in [5, 5.41) is 6.35. The van der Waals surface area contributed by atoms with Gasteiger partial charge in [0.1, 0.15) is 17.1 Å². The standard InChI is InChI=1S/C21H16F6N4O3/c22-13-3-4-15(16(8-13)34-11-21(25,26)27)31-6-1-2-14(19(31)33)18(32)28-17-5-7-30(29-17)10-12-9-20(12,23)24/h1-8,12H,9-11H2,(H,28,29,32). The molecule has 0 bridgehead atoms. The maximum atomic E-state index is 13.6. The van der Waals surface area contributed by atoms with Crippen LogP contribution in [0, 0.1) is 11.7 Å². The molecule has 1 atom stereocenters. The summed E-state index contributed by atoms with van der Waals surface area (Å²) >= 11 is 0. The molecule has 4 rings (SSSR count). The fraction of sp³-hybridized carbons (Fsp3) is 0.286. The third-order valence-electron chi connectivity index (χ3n) is 5.01. The summed E-state index contributed by atoms with van der Waals surface area (Å²) < 4.78 is 84.1. The molecular weight excluding hydrogens is 470 g/mol. The molecule has 7 nitrogen and oxygen atoms in total. The molecule has 1 aromatic carbocycles. The molecule has 180 valence electrons. The normalized spacial score (nSPS) is 16.8. The highest BCUT2D eigenvalue weighted by Gasteiger charge is 2.56. The molecule has 1 aliphatic carbocycles. The predicted molar refractivity (Wildman–Crippen MR) is 107 cm³/mol. The van der Waals surface area contributed by atoms with Crippen LogP contribution in [0.3, 0.4) is 0 Å². The van der Waals surface area contributed by atoms with E-state index in [0.717, 1.165) is 16.7 Å². The molecular formula is C21H16F6N4O3. The van der Waals surface area contributed by atoms with Gasteiger partial charge in [0.05, 0.1) is 5.69 Å². The van der Waals surface area contributed by atoms with Gasteiger partial charge in [0, 0.05) is 43.4 Å². The largest absolute Gasteiger partial charge is 0.482 e. The Morgan fingerprint density at radius 3 is 2.62 bits per heavy atom. The lowest BCUT2D eigenvalue weighted by Gasteiger charge is -2.15. The van der Waals surface area contributed by atoms with Gasteiger partial charge < -0.3 is 10.1 Å². The summed E-state index contributed by atoms with van der Waals surface area (Å²) in [6.45, 7) is -1.75. The maximum absolute atomic E-state index is 13.6. The summed E-state index contributed by atoms with van der Waals surface area (Å²) in [5.74, 6) is -5.87. The Labute approximate surface area is 187 Å². The molecule has 0 saturated heterocycles. The highest BCUT2D eigenvalue weighted by Crippen LogP contribution is 2.49. The summed E-state index contributed by atoms with van der Waals surface area (Å²) in [6.07, 6.45) is -2.36. The second-order valence-corrected chi connectivity index (χ2v) is 7.65. The summed E-state index contributed by atoms with van der Waals surface area (Å²) in [7, 11) is 0. The minimum atomic E-state index is -4.70. The first-order valence-electron chi connectivity index (χ1n) is 9.87. The van der Waals surface area contributed by atoms with Gasteiger partial charge in [0.15, 0.2) is 12.4 Å². The van der Waals surface area contributed by atoms with E-state index in [1.165, 1.54) is 35.3 Å². The van der Waals surface area contributed by atoms with Crippen molar-refractivity contribution >= 4 is 11.7 Å². The van der Waals surface area contributed by atoms with Crippen molar-refractivity contribution in [2.75, 3.05) is 11.9 Å². The van der Waals surface area contributed by atoms with Crippen molar-refractivity contribution < 1.29 is 35.9 Å². The molecule has 1 N–H and O–H groups in total. The molecule has 3 aromatic rings. The quantitative estimate of drug-likeness (QED) is 0.512. The second kappa shape index (κ2) is 8.54. The van der Waals surface area contributed by atoms with E-state index < -0.39 is 53.2 Å². The third-order valence-corrected chi connectivity index (χ3v) is 5.01. The lowest BCUT2D eigenvalue weighted by Crippen LogP contribution is -2.28. The average molecular weight is 486 g/mol. The highest BCUT2D eigenvalue weighted by molar-refractivity contribution is 6.03. The van der Waals surface area contributed by atoms with Crippen molar-refractivity contribution in [3.05, 3.63) is 70.5 Å². The number of ether oxygens (including phenoxy) is 1. The number of rotatable bonds is 7. The molecule has 0 aliphatic heterocycles. The number of nitrogens with zero attached hydrogens (tertiary/aromatic N) is 3. The van der Waals surface area contributed by atoms with Gasteiger partial charge in [-0.25, -0.2) is 13.2 Å². The SMILES string of the molecule is O=C(Nc1ccn(CC2CC2(F)F)n1)c1cccn(-c2ccc(F)cc2OCC(F)(F)F)c1=O. The van der Waals surface area contributed by atoms with Crippen LogP contribution in [-0.4, -0.2) is 39.0 Å². The molecule has 34 heavy (non-hydrogen) atoms. The highest BCUT2D eigenvalue weighted by atomic mass is 19.4. The molecule has 2 aromatic heterocycles. The molecule has 1 saturated carbocycles. The fourth-order valence-electron chi connectivity index (χ4n) is 3.23. The van der Waals surface area contributed by atoms with Crippen LogP contribution in [0.4, 0.5) is 32.2 Å². The van der Waals surface area contributed by atoms with Crippen LogP contribution in [0.15, 0.2) is 53.6 Å². The maximum Gasteiger partial charge on any atom is 0.422 e.